The fraction of sp³-hybridized carbons (Fsp3) is 0.860. The SMILES string of the molecule is CCCCCCCC/C=C\CCCCCCC(=O)CN(CCCCCCCCCCCCCCCC)C(=O)C([NH3+])CNC(=O)C([NH3+])CCC[NH+]=C(N)N.[Cl-].[Cl-].[Cl-]. The summed E-state index contributed by atoms with van der Waals surface area (Å²) < 4.78 is 0. The summed E-state index contributed by atoms with van der Waals surface area (Å²) in [5, 5.41) is 2.85. The van der Waals surface area contributed by atoms with E-state index in [0.717, 1.165) is 51.4 Å². The van der Waals surface area contributed by atoms with Crippen LogP contribution < -0.4 is 70.5 Å². The lowest BCUT2D eigenvalue weighted by Gasteiger charge is -2.24. The number of amides is 2. The van der Waals surface area contributed by atoms with Crippen LogP contribution in [0.2, 0.25) is 0 Å². The molecule has 0 spiro atoms. The summed E-state index contributed by atoms with van der Waals surface area (Å²) >= 11 is 0. The zero-order chi connectivity index (χ0) is 39.2. The number of allylic oxidation sites excluding steroid dienone is 2. The fourth-order valence-electron chi connectivity index (χ4n) is 6.70. The predicted octanol–water partition coefficient (Wildman–Crippen LogP) is -4.00. The van der Waals surface area contributed by atoms with Gasteiger partial charge in [-0.1, -0.05) is 154 Å². The van der Waals surface area contributed by atoms with E-state index in [2.05, 4.69) is 47.8 Å². The van der Waals surface area contributed by atoms with Crippen LogP contribution in [0, 0.1) is 0 Å². The number of carbonyl (C=O) groups is 3. The minimum absolute atomic E-state index is 0. The van der Waals surface area contributed by atoms with E-state index < -0.39 is 12.1 Å². The van der Waals surface area contributed by atoms with Gasteiger partial charge in [-0.25, -0.2) is 0 Å². The molecule has 0 fully saturated rings. The van der Waals surface area contributed by atoms with Crippen LogP contribution in [-0.2, 0) is 14.4 Å². The minimum Gasteiger partial charge on any atom is -1.00 e. The highest BCUT2D eigenvalue weighted by molar-refractivity contribution is 5.88. The number of halogens is 3. The van der Waals surface area contributed by atoms with Crippen molar-refractivity contribution in [2.24, 2.45) is 11.5 Å². The molecule has 12 N–H and O–H groups in total. The number of Topliss-reactive ketones (excluding diaryl/α,β-unsaturated/α-hetero) is 1. The normalized spacial score (nSPS) is 11.9. The molecule has 0 heterocycles. The van der Waals surface area contributed by atoms with Gasteiger partial charge in [0.05, 0.1) is 19.6 Å². The third kappa shape index (κ3) is 40.6. The maximum atomic E-state index is 13.5. The Morgan fingerprint density at radius 3 is 1.50 bits per heavy atom. The van der Waals surface area contributed by atoms with Crippen molar-refractivity contribution in [3.63, 3.8) is 0 Å². The van der Waals surface area contributed by atoms with E-state index in [-0.39, 0.29) is 73.9 Å². The van der Waals surface area contributed by atoms with Crippen LogP contribution in [0.25, 0.3) is 0 Å². The van der Waals surface area contributed by atoms with Crippen molar-refractivity contribution in [3.8, 4) is 0 Å². The zero-order valence-electron chi connectivity index (χ0n) is 36.0. The number of nitrogens with one attached hydrogen (secondary N) is 2. The highest BCUT2D eigenvalue weighted by atomic mass is 35.5. The molecule has 0 rings (SSSR count). The standard InChI is InChI=1S/C43H85N7O3.3ClH/c1-3-5-7-9-11-13-15-17-19-21-23-25-27-29-32-38(51)37-50(35-30-28-26-24-22-20-18-16-14-12-10-8-6-4-2)42(53)40(45)36-49-41(52)39(44)33-31-34-48-43(46)47;;;/h17,19,39-40H,3-16,18,20-37,44-45H2,1-2H3,(H,49,52)(H4,46,47,48);3*1H/b19-17-;;;. The molecule has 0 aliphatic rings. The van der Waals surface area contributed by atoms with Gasteiger partial charge in [-0.05, 0) is 44.9 Å². The molecular weight excluding hydrogens is 769 g/mol. The molecule has 13 heteroatoms. The third-order valence-corrected chi connectivity index (χ3v) is 10.2. The van der Waals surface area contributed by atoms with Gasteiger partial charge in [-0.15, -0.1) is 0 Å². The van der Waals surface area contributed by atoms with E-state index >= 15 is 0 Å². The average molecular weight is 858 g/mol. The molecule has 0 bridgehead atoms. The second-order valence-corrected chi connectivity index (χ2v) is 15.5. The first kappa shape index (κ1) is 61.1. The highest BCUT2D eigenvalue weighted by Gasteiger charge is 2.27. The lowest BCUT2D eigenvalue weighted by atomic mass is 10.0. The molecule has 10 nitrogen and oxygen atoms in total. The topological polar surface area (TPSA) is 188 Å². The van der Waals surface area contributed by atoms with Crippen molar-refractivity contribution in [3.05, 3.63) is 12.2 Å². The second-order valence-electron chi connectivity index (χ2n) is 15.5. The van der Waals surface area contributed by atoms with E-state index in [1.807, 2.05) is 0 Å². The van der Waals surface area contributed by atoms with Gasteiger partial charge in [0.15, 0.2) is 17.9 Å². The first-order valence-electron chi connectivity index (χ1n) is 22.2. The summed E-state index contributed by atoms with van der Waals surface area (Å²) in [4.78, 5) is 43.7. The Kier molecular flexibility index (Phi) is 50.3. The summed E-state index contributed by atoms with van der Waals surface area (Å²) in [5.41, 5.74) is 18.9. The van der Waals surface area contributed by atoms with Gasteiger partial charge in [0.2, 0.25) is 0 Å². The quantitative estimate of drug-likeness (QED) is 0.0159. The van der Waals surface area contributed by atoms with Crippen LogP contribution in [0.15, 0.2) is 12.2 Å². The van der Waals surface area contributed by atoms with Gasteiger partial charge in [0.1, 0.15) is 0 Å². The van der Waals surface area contributed by atoms with Crippen LogP contribution in [0.4, 0.5) is 0 Å². The van der Waals surface area contributed by atoms with Crippen LogP contribution in [0.1, 0.15) is 200 Å². The summed E-state index contributed by atoms with van der Waals surface area (Å²) in [6, 6.07) is -1.11. The Morgan fingerprint density at radius 2 is 1.04 bits per heavy atom. The number of ketones is 1. The van der Waals surface area contributed by atoms with Gasteiger partial charge < -0.3 is 58.9 Å². The largest absolute Gasteiger partial charge is 1.00 e. The molecule has 0 aromatic rings. The van der Waals surface area contributed by atoms with E-state index in [1.54, 1.807) is 4.90 Å². The number of hydrogen-bond acceptors (Lipinski definition) is 3. The number of hydrogen-bond donors (Lipinski definition) is 6. The molecule has 2 unspecified atom stereocenters. The first-order chi connectivity index (χ1) is 25.7. The number of rotatable bonds is 39. The van der Waals surface area contributed by atoms with E-state index in [0.29, 0.717) is 32.4 Å². The van der Waals surface area contributed by atoms with Crippen LogP contribution in [0.3, 0.4) is 0 Å². The van der Waals surface area contributed by atoms with Gasteiger partial charge in [-0.3, -0.25) is 30.8 Å². The predicted molar refractivity (Wildman–Crippen MR) is 222 cm³/mol. The summed E-state index contributed by atoms with van der Waals surface area (Å²) in [6.07, 6.45) is 38.7. The monoisotopic (exact) mass is 856 g/mol. The van der Waals surface area contributed by atoms with Gasteiger partial charge in [0.25, 0.3) is 11.8 Å². The summed E-state index contributed by atoms with van der Waals surface area (Å²) in [6.45, 7) is 5.90. The molecule has 2 atom stereocenters. The lowest BCUT2D eigenvalue weighted by molar-refractivity contribution is -0.463. The molecule has 0 saturated carbocycles. The van der Waals surface area contributed by atoms with E-state index in [4.69, 9.17) is 11.5 Å². The van der Waals surface area contributed by atoms with E-state index in [1.165, 1.54) is 116 Å². The molecule has 334 valence electrons. The number of quaternary nitrogens is 2. The Labute approximate surface area is 362 Å². The van der Waals surface area contributed by atoms with Crippen molar-refractivity contribution >= 4 is 23.6 Å². The Hall–Kier alpha value is -1.59. The van der Waals surface area contributed by atoms with Crippen molar-refractivity contribution < 1.29 is 68.1 Å². The second kappa shape index (κ2) is 46.1. The minimum atomic E-state index is -0.659. The van der Waals surface area contributed by atoms with Gasteiger partial charge >= 0.3 is 5.96 Å². The maximum absolute atomic E-state index is 13.5. The highest BCUT2D eigenvalue weighted by Crippen LogP contribution is 2.14. The molecule has 0 radical (unpaired) electrons. The number of nitrogens with two attached hydrogens (primary N) is 2. The number of guanidine groups is 1. The average Bonchev–Trinajstić information content (AvgIpc) is 3.14. The number of unbranched alkanes of at least 4 members (excludes halogenated alkanes) is 23. The smallest absolute Gasteiger partial charge is 0.338 e. The molecule has 0 aliphatic carbocycles. The molecule has 0 aromatic carbocycles. The van der Waals surface area contributed by atoms with Crippen LogP contribution in [-0.4, -0.2) is 66.7 Å². The zero-order valence-corrected chi connectivity index (χ0v) is 38.3. The summed E-state index contributed by atoms with van der Waals surface area (Å²) in [5.74, 6) is -0.109. The third-order valence-electron chi connectivity index (χ3n) is 10.2. The molecule has 0 saturated heterocycles. The Balaban J connectivity index is -0.00000451. The van der Waals surface area contributed by atoms with Crippen molar-refractivity contribution in [2.45, 2.75) is 212 Å². The van der Waals surface area contributed by atoms with E-state index in [9.17, 15) is 14.4 Å². The fourth-order valence-corrected chi connectivity index (χ4v) is 6.70. The molecule has 56 heavy (non-hydrogen) atoms. The van der Waals surface area contributed by atoms with Crippen LogP contribution >= 0.6 is 0 Å². The first-order valence-corrected chi connectivity index (χ1v) is 22.2. The van der Waals surface area contributed by atoms with Crippen molar-refractivity contribution in [1.29, 1.82) is 0 Å². The Morgan fingerprint density at radius 1 is 0.607 bits per heavy atom. The molecule has 0 aromatic heterocycles. The number of carbonyl (C=O) groups excluding carboxylic acids is 3. The molecule has 2 amide bonds. The van der Waals surface area contributed by atoms with Crippen molar-refractivity contribution in [1.82, 2.24) is 10.2 Å². The maximum Gasteiger partial charge on any atom is 0.338 e. The van der Waals surface area contributed by atoms with Gasteiger partial charge in [0, 0.05) is 19.4 Å². The summed E-state index contributed by atoms with van der Waals surface area (Å²) in [7, 11) is 0. The van der Waals surface area contributed by atoms with Gasteiger partial charge in [-0.2, -0.15) is 0 Å². The van der Waals surface area contributed by atoms with Crippen LogP contribution in [0.5, 0.6) is 0 Å². The molecular formula is C43H88Cl3N7O3. The van der Waals surface area contributed by atoms with Crippen molar-refractivity contribution in [2.75, 3.05) is 26.2 Å². The Bertz CT molecular complexity index is 956. The molecule has 0 aliphatic heterocycles. The lowest BCUT2D eigenvalue weighted by Crippen LogP contribution is -3.00. The number of nitrogens with zero attached hydrogens (tertiary/aromatic N) is 1.